The first-order valence-corrected chi connectivity index (χ1v) is 7.82. The van der Waals surface area contributed by atoms with Gasteiger partial charge >= 0.3 is 5.97 Å². The van der Waals surface area contributed by atoms with Gasteiger partial charge in [0, 0.05) is 17.8 Å². The van der Waals surface area contributed by atoms with Gasteiger partial charge < -0.3 is 14.6 Å². The summed E-state index contributed by atoms with van der Waals surface area (Å²) in [5.74, 6) is 0.0957. The highest BCUT2D eigenvalue weighted by Crippen LogP contribution is 2.36. The molecule has 3 aromatic rings. The maximum atomic E-state index is 11.6. The summed E-state index contributed by atoms with van der Waals surface area (Å²) in [6, 6.07) is 8.57. The number of benzene rings is 1. The molecule has 8 heteroatoms. The van der Waals surface area contributed by atoms with E-state index in [0.717, 1.165) is 11.3 Å². The van der Waals surface area contributed by atoms with Crippen molar-refractivity contribution in [1.29, 1.82) is 0 Å². The minimum atomic E-state index is -1.13. The van der Waals surface area contributed by atoms with Gasteiger partial charge in [-0.1, -0.05) is 6.07 Å². The maximum Gasteiger partial charge on any atom is 0.338 e. The third kappa shape index (κ3) is 2.97. The molecule has 0 spiro atoms. The van der Waals surface area contributed by atoms with E-state index in [4.69, 9.17) is 9.47 Å². The van der Waals surface area contributed by atoms with Gasteiger partial charge in [0.2, 0.25) is 0 Å². The number of ether oxygens (including phenoxy) is 2. The molecule has 0 fully saturated rings. The summed E-state index contributed by atoms with van der Waals surface area (Å²) < 4.78 is 12.2. The number of nitrogens with zero attached hydrogens (tertiary/aromatic N) is 4. The highest BCUT2D eigenvalue weighted by Gasteiger charge is 2.17. The number of aryl methyl sites for hydroxylation is 2. The Morgan fingerprint density at radius 1 is 1.12 bits per heavy atom. The number of rotatable bonds is 5. The van der Waals surface area contributed by atoms with Crippen LogP contribution in [0.3, 0.4) is 0 Å². The van der Waals surface area contributed by atoms with Crippen LogP contribution in [0.4, 0.5) is 11.5 Å². The zero-order valence-electron chi connectivity index (χ0n) is 14.8. The van der Waals surface area contributed by atoms with Crippen LogP contribution in [-0.2, 0) is 0 Å². The lowest BCUT2D eigenvalue weighted by Gasteiger charge is -2.10. The van der Waals surface area contributed by atoms with Crippen LogP contribution in [0.5, 0.6) is 11.5 Å². The van der Waals surface area contributed by atoms with Crippen molar-refractivity contribution in [3.05, 3.63) is 47.3 Å². The van der Waals surface area contributed by atoms with Crippen LogP contribution in [-0.4, -0.2) is 34.7 Å². The Labute approximate surface area is 149 Å². The number of azo groups is 1. The normalized spacial score (nSPS) is 11.2. The largest absolute Gasteiger partial charge is 0.493 e. The fourth-order valence-electron chi connectivity index (χ4n) is 2.69. The van der Waals surface area contributed by atoms with Gasteiger partial charge in [0.15, 0.2) is 17.3 Å². The maximum absolute atomic E-state index is 11.6. The van der Waals surface area contributed by atoms with Crippen LogP contribution >= 0.6 is 0 Å². The average molecular weight is 354 g/mol. The van der Waals surface area contributed by atoms with Gasteiger partial charge in [-0.25, -0.2) is 9.78 Å². The highest BCUT2D eigenvalue weighted by atomic mass is 16.5. The second-order valence-corrected chi connectivity index (χ2v) is 5.61. The number of carboxylic acids is 1. The summed E-state index contributed by atoms with van der Waals surface area (Å²) in [5, 5.41) is 17.9. The molecule has 134 valence electrons. The third-order valence-electron chi connectivity index (χ3n) is 3.97. The van der Waals surface area contributed by atoms with Crippen molar-refractivity contribution in [2.24, 2.45) is 10.2 Å². The molecule has 3 rings (SSSR count). The molecule has 0 saturated carbocycles. The Balaban J connectivity index is 2.14. The number of carboxylic acid groups (broad SMARTS) is 1. The highest BCUT2D eigenvalue weighted by molar-refractivity contribution is 5.94. The Bertz CT molecular complexity index is 1020. The summed E-state index contributed by atoms with van der Waals surface area (Å²) in [6.45, 7) is 3.76. The van der Waals surface area contributed by atoms with E-state index in [1.165, 1.54) is 26.4 Å². The van der Waals surface area contributed by atoms with Crippen molar-refractivity contribution in [3.8, 4) is 11.5 Å². The molecule has 26 heavy (non-hydrogen) atoms. The van der Waals surface area contributed by atoms with E-state index in [1.54, 1.807) is 0 Å². The summed E-state index contributed by atoms with van der Waals surface area (Å²) in [7, 11) is 2.91. The molecule has 1 aromatic carbocycles. The van der Waals surface area contributed by atoms with E-state index < -0.39 is 5.97 Å². The quantitative estimate of drug-likeness (QED) is 0.696. The minimum absolute atomic E-state index is 0.0328. The van der Waals surface area contributed by atoms with Gasteiger partial charge in [-0.2, -0.15) is 0 Å². The fourth-order valence-corrected chi connectivity index (χ4v) is 2.69. The predicted molar refractivity (Wildman–Crippen MR) is 95.3 cm³/mol. The minimum Gasteiger partial charge on any atom is -0.493 e. The first kappa shape index (κ1) is 17.4. The molecule has 0 aliphatic heterocycles. The SMILES string of the molecule is COc1cc(N=Nc2c(C)nc3cccc(C)n23)c(C(=O)O)cc1OC. The van der Waals surface area contributed by atoms with E-state index >= 15 is 0 Å². The number of aromatic nitrogens is 2. The van der Waals surface area contributed by atoms with Gasteiger partial charge in [-0.3, -0.25) is 4.40 Å². The molecular weight excluding hydrogens is 336 g/mol. The lowest BCUT2D eigenvalue weighted by atomic mass is 10.1. The second kappa shape index (κ2) is 6.83. The van der Waals surface area contributed by atoms with Crippen LogP contribution in [0.2, 0.25) is 0 Å². The van der Waals surface area contributed by atoms with Crippen molar-refractivity contribution in [2.45, 2.75) is 13.8 Å². The summed E-state index contributed by atoms with van der Waals surface area (Å²) in [4.78, 5) is 16.0. The second-order valence-electron chi connectivity index (χ2n) is 5.61. The molecule has 0 radical (unpaired) electrons. The van der Waals surface area contributed by atoms with Crippen LogP contribution in [0.15, 0.2) is 40.6 Å². The van der Waals surface area contributed by atoms with E-state index in [0.29, 0.717) is 23.0 Å². The fraction of sp³-hybridized carbons (Fsp3) is 0.222. The van der Waals surface area contributed by atoms with Crippen LogP contribution in [0.1, 0.15) is 21.7 Å². The standard InChI is InChI=1S/C18H18N4O4/c1-10-6-5-7-16-19-11(2)17(22(10)16)21-20-13-9-15(26-4)14(25-3)8-12(13)18(23)24/h5-9H,1-4H3,(H,23,24). The molecule has 0 unspecified atom stereocenters. The van der Waals surface area contributed by atoms with E-state index in [-0.39, 0.29) is 11.3 Å². The number of carbonyl (C=O) groups is 1. The van der Waals surface area contributed by atoms with Crippen molar-refractivity contribution >= 4 is 23.1 Å². The Kier molecular flexibility index (Phi) is 4.57. The Morgan fingerprint density at radius 3 is 2.46 bits per heavy atom. The molecule has 0 amide bonds. The van der Waals surface area contributed by atoms with E-state index in [2.05, 4.69) is 15.2 Å². The number of aromatic carboxylic acids is 1. The Hall–Kier alpha value is -3.42. The molecule has 2 aromatic heterocycles. The van der Waals surface area contributed by atoms with Gasteiger partial charge in [-0.05, 0) is 26.0 Å². The molecule has 0 aliphatic carbocycles. The van der Waals surface area contributed by atoms with Gasteiger partial charge in [-0.15, -0.1) is 10.2 Å². The van der Waals surface area contributed by atoms with Crippen molar-refractivity contribution < 1.29 is 19.4 Å². The Morgan fingerprint density at radius 2 is 1.81 bits per heavy atom. The number of imidazole rings is 1. The lowest BCUT2D eigenvalue weighted by molar-refractivity contribution is 0.0697. The van der Waals surface area contributed by atoms with Crippen molar-refractivity contribution in [3.63, 3.8) is 0 Å². The number of hydrogen-bond donors (Lipinski definition) is 1. The van der Waals surface area contributed by atoms with Crippen LogP contribution in [0, 0.1) is 13.8 Å². The molecule has 0 saturated heterocycles. The van der Waals surface area contributed by atoms with Crippen LogP contribution in [0.25, 0.3) is 5.65 Å². The summed E-state index contributed by atoms with van der Waals surface area (Å²) in [5.41, 5.74) is 2.53. The summed E-state index contributed by atoms with van der Waals surface area (Å²) in [6.07, 6.45) is 0. The van der Waals surface area contributed by atoms with Crippen molar-refractivity contribution in [2.75, 3.05) is 14.2 Å². The topological polar surface area (TPSA) is 97.8 Å². The first-order valence-electron chi connectivity index (χ1n) is 7.82. The third-order valence-corrected chi connectivity index (χ3v) is 3.97. The van der Waals surface area contributed by atoms with Gasteiger partial charge in [0.05, 0.1) is 25.5 Å². The zero-order chi connectivity index (χ0) is 18.8. The molecule has 1 N–H and O–H groups in total. The first-order chi connectivity index (χ1) is 12.5. The summed E-state index contributed by atoms with van der Waals surface area (Å²) >= 11 is 0. The van der Waals surface area contributed by atoms with Crippen LogP contribution < -0.4 is 9.47 Å². The zero-order valence-corrected chi connectivity index (χ0v) is 14.8. The molecule has 8 nitrogen and oxygen atoms in total. The average Bonchev–Trinajstić information content (AvgIpc) is 2.95. The molecule has 0 bridgehead atoms. The number of hydrogen-bond acceptors (Lipinski definition) is 6. The predicted octanol–water partition coefficient (Wildman–Crippen LogP) is 4.08. The molecule has 0 atom stereocenters. The molecular formula is C18H18N4O4. The lowest BCUT2D eigenvalue weighted by Crippen LogP contribution is -1.99. The number of fused-ring (bicyclic) bond motifs is 1. The molecule has 0 aliphatic rings. The molecule has 2 heterocycles. The van der Waals surface area contributed by atoms with E-state index in [1.807, 2.05) is 36.4 Å². The van der Waals surface area contributed by atoms with Crippen molar-refractivity contribution in [1.82, 2.24) is 9.38 Å². The smallest absolute Gasteiger partial charge is 0.338 e. The van der Waals surface area contributed by atoms with E-state index in [9.17, 15) is 9.90 Å². The van der Waals surface area contributed by atoms with Gasteiger partial charge in [0.25, 0.3) is 0 Å². The number of pyridine rings is 1. The number of methoxy groups -OCH3 is 2. The monoisotopic (exact) mass is 354 g/mol. The van der Waals surface area contributed by atoms with Gasteiger partial charge in [0.1, 0.15) is 11.3 Å².